The highest BCUT2D eigenvalue weighted by Gasteiger charge is 2.11. The van der Waals surface area contributed by atoms with Gasteiger partial charge in [0.1, 0.15) is 5.75 Å². The van der Waals surface area contributed by atoms with Crippen molar-refractivity contribution in [2.75, 3.05) is 7.11 Å². The van der Waals surface area contributed by atoms with Gasteiger partial charge in [-0.25, -0.2) is 0 Å². The lowest BCUT2D eigenvalue weighted by molar-refractivity contribution is 0.194. The van der Waals surface area contributed by atoms with Gasteiger partial charge in [-0.3, -0.25) is 0 Å². The Balaban J connectivity index is 2.75. The number of aliphatic hydroxyl groups is 1. The third-order valence-electron chi connectivity index (χ3n) is 2.56. The smallest absolute Gasteiger partial charge is 0.132 e. The van der Waals surface area contributed by atoms with Crippen molar-refractivity contribution in [3.63, 3.8) is 0 Å². The van der Waals surface area contributed by atoms with Crippen molar-refractivity contribution in [1.29, 1.82) is 0 Å². The van der Waals surface area contributed by atoms with E-state index >= 15 is 0 Å². The minimum absolute atomic E-state index is 0.510. The molecule has 0 saturated carbocycles. The third kappa shape index (κ3) is 1.68. The molecule has 0 aliphatic heterocycles. The first kappa shape index (κ1) is 9.99. The van der Waals surface area contributed by atoms with E-state index in [1.807, 2.05) is 36.4 Å². The van der Waals surface area contributed by atoms with Crippen LogP contribution >= 0.6 is 0 Å². The predicted octanol–water partition coefficient (Wildman–Crippen LogP) is 2.90. The number of benzene rings is 2. The largest absolute Gasteiger partial charge is 0.496 e. The minimum atomic E-state index is -0.510. The Morgan fingerprint density at radius 3 is 2.53 bits per heavy atom. The number of hydrogen-bond donors (Lipinski definition) is 1. The fraction of sp³-hybridized carbons (Fsp3) is 0.231. The number of hydrogen-bond acceptors (Lipinski definition) is 2. The van der Waals surface area contributed by atoms with E-state index in [4.69, 9.17) is 4.74 Å². The quantitative estimate of drug-likeness (QED) is 0.811. The van der Waals surface area contributed by atoms with Crippen LogP contribution in [0.1, 0.15) is 18.6 Å². The lowest BCUT2D eigenvalue weighted by Crippen LogP contribution is -1.97. The van der Waals surface area contributed by atoms with Gasteiger partial charge in [0, 0.05) is 10.9 Å². The molecule has 15 heavy (non-hydrogen) atoms. The van der Waals surface area contributed by atoms with Crippen molar-refractivity contribution in [2.45, 2.75) is 13.0 Å². The van der Waals surface area contributed by atoms with Gasteiger partial charge in [0.25, 0.3) is 0 Å². The second-order valence-corrected chi connectivity index (χ2v) is 3.59. The van der Waals surface area contributed by atoms with E-state index in [0.29, 0.717) is 0 Å². The van der Waals surface area contributed by atoms with Gasteiger partial charge in [0.2, 0.25) is 0 Å². The Morgan fingerprint density at radius 1 is 1.13 bits per heavy atom. The van der Waals surface area contributed by atoms with Crippen LogP contribution in [0.2, 0.25) is 0 Å². The lowest BCUT2D eigenvalue weighted by atomic mass is 10.0. The van der Waals surface area contributed by atoms with Crippen molar-refractivity contribution < 1.29 is 9.84 Å². The van der Waals surface area contributed by atoms with Crippen molar-refractivity contribution in [2.24, 2.45) is 0 Å². The zero-order valence-corrected chi connectivity index (χ0v) is 8.90. The molecule has 1 N–H and O–H groups in total. The molecule has 0 heterocycles. The van der Waals surface area contributed by atoms with Crippen molar-refractivity contribution >= 4 is 10.8 Å². The first-order valence-electron chi connectivity index (χ1n) is 4.97. The lowest BCUT2D eigenvalue weighted by Gasteiger charge is -2.13. The monoisotopic (exact) mass is 202 g/mol. The molecule has 2 heteroatoms. The fourth-order valence-corrected chi connectivity index (χ4v) is 1.82. The maximum Gasteiger partial charge on any atom is 0.132 e. The van der Waals surface area contributed by atoms with Crippen LogP contribution in [0, 0.1) is 0 Å². The SMILES string of the molecule is COc1c([C@@H](C)O)ccc2ccccc12. The summed E-state index contributed by atoms with van der Waals surface area (Å²) in [5, 5.41) is 11.8. The van der Waals surface area contributed by atoms with Gasteiger partial charge in [0.05, 0.1) is 13.2 Å². The first-order valence-corrected chi connectivity index (χ1v) is 4.97. The average molecular weight is 202 g/mol. The van der Waals surface area contributed by atoms with Crippen LogP contribution < -0.4 is 4.74 Å². The normalized spacial score (nSPS) is 12.7. The number of aliphatic hydroxyl groups excluding tert-OH is 1. The van der Waals surface area contributed by atoms with Crippen LogP contribution in [0.15, 0.2) is 36.4 Å². The van der Waals surface area contributed by atoms with Gasteiger partial charge < -0.3 is 9.84 Å². The summed E-state index contributed by atoms with van der Waals surface area (Å²) in [4.78, 5) is 0. The van der Waals surface area contributed by atoms with Crippen LogP contribution in [-0.4, -0.2) is 12.2 Å². The van der Waals surface area contributed by atoms with E-state index in [-0.39, 0.29) is 0 Å². The molecule has 2 aromatic carbocycles. The summed E-state index contributed by atoms with van der Waals surface area (Å²) < 4.78 is 5.36. The average Bonchev–Trinajstić information content (AvgIpc) is 2.27. The maximum absolute atomic E-state index is 9.62. The van der Waals surface area contributed by atoms with Crippen LogP contribution in [0.25, 0.3) is 10.8 Å². The topological polar surface area (TPSA) is 29.5 Å². The van der Waals surface area contributed by atoms with E-state index in [9.17, 15) is 5.11 Å². The zero-order chi connectivity index (χ0) is 10.8. The Labute approximate surface area is 89.1 Å². The first-order chi connectivity index (χ1) is 7.24. The van der Waals surface area contributed by atoms with Gasteiger partial charge in [-0.2, -0.15) is 0 Å². The van der Waals surface area contributed by atoms with Crippen molar-refractivity contribution in [1.82, 2.24) is 0 Å². The summed E-state index contributed by atoms with van der Waals surface area (Å²) in [5.74, 6) is 0.767. The molecule has 0 amide bonds. The Kier molecular flexibility index (Phi) is 2.60. The number of methoxy groups -OCH3 is 1. The Bertz CT molecular complexity index is 475. The second-order valence-electron chi connectivity index (χ2n) is 3.59. The predicted molar refractivity (Wildman–Crippen MR) is 61.1 cm³/mol. The molecule has 0 saturated heterocycles. The molecule has 0 bridgehead atoms. The summed E-state index contributed by atoms with van der Waals surface area (Å²) in [6, 6.07) is 11.9. The molecule has 0 fully saturated rings. The molecular weight excluding hydrogens is 188 g/mol. The van der Waals surface area contributed by atoms with Gasteiger partial charge in [-0.15, -0.1) is 0 Å². The highest BCUT2D eigenvalue weighted by molar-refractivity contribution is 5.89. The number of ether oxygens (including phenoxy) is 1. The summed E-state index contributed by atoms with van der Waals surface area (Å²) in [7, 11) is 1.63. The van der Waals surface area contributed by atoms with Crippen LogP contribution in [0.3, 0.4) is 0 Å². The summed E-state index contributed by atoms with van der Waals surface area (Å²) in [6.07, 6.45) is -0.510. The maximum atomic E-state index is 9.62. The summed E-state index contributed by atoms with van der Waals surface area (Å²) in [6.45, 7) is 1.74. The standard InChI is InChI=1S/C13H14O2/c1-9(14)11-8-7-10-5-3-4-6-12(10)13(11)15-2/h3-9,14H,1-2H3/t9-/m1/s1. The Morgan fingerprint density at radius 2 is 1.87 bits per heavy atom. The molecule has 2 rings (SSSR count). The van der Waals surface area contributed by atoms with Crippen molar-refractivity contribution in [3.8, 4) is 5.75 Å². The van der Waals surface area contributed by atoms with E-state index in [0.717, 1.165) is 22.1 Å². The van der Waals surface area contributed by atoms with E-state index in [2.05, 4.69) is 0 Å². The molecule has 2 nitrogen and oxygen atoms in total. The van der Waals surface area contributed by atoms with Gasteiger partial charge in [-0.05, 0) is 12.3 Å². The molecule has 2 aromatic rings. The van der Waals surface area contributed by atoms with E-state index in [1.165, 1.54) is 0 Å². The van der Waals surface area contributed by atoms with Gasteiger partial charge in [-0.1, -0.05) is 36.4 Å². The fourth-order valence-electron chi connectivity index (χ4n) is 1.82. The van der Waals surface area contributed by atoms with Crippen LogP contribution in [-0.2, 0) is 0 Å². The highest BCUT2D eigenvalue weighted by Crippen LogP contribution is 2.33. The molecule has 0 unspecified atom stereocenters. The van der Waals surface area contributed by atoms with E-state index < -0.39 is 6.10 Å². The molecule has 0 aromatic heterocycles. The molecule has 78 valence electrons. The number of fused-ring (bicyclic) bond motifs is 1. The van der Waals surface area contributed by atoms with Gasteiger partial charge >= 0.3 is 0 Å². The summed E-state index contributed by atoms with van der Waals surface area (Å²) in [5.41, 5.74) is 0.830. The third-order valence-corrected chi connectivity index (χ3v) is 2.56. The zero-order valence-electron chi connectivity index (χ0n) is 8.90. The van der Waals surface area contributed by atoms with E-state index in [1.54, 1.807) is 14.0 Å². The Hall–Kier alpha value is -1.54. The molecule has 0 spiro atoms. The number of rotatable bonds is 2. The molecular formula is C13H14O2. The molecule has 0 aliphatic rings. The van der Waals surface area contributed by atoms with Crippen molar-refractivity contribution in [3.05, 3.63) is 42.0 Å². The van der Waals surface area contributed by atoms with Crippen LogP contribution in [0.4, 0.5) is 0 Å². The molecule has 1 atom stereocenters. The molecule has 0 radical (unpaired) electrons. The van der Waals surface area contributed by atoms with Crippen LogP contribution in [0.5, 0.6) is 5.75 Å². The second kappa shape index (κ2) is 3.91. The minimum Gasteiger partial charge on any atom is -0.496 e. The highest BCUT2D eigenvalue weighted by atomic mass is 16.5. The molecule has 0 aliphatic carbocycles. The summed E-state index contributed by atoms with van der Waals surface area (Å²) >= 11 is 0. The van der Waals surface area contributed by atoms with Gasteiger partial charge in [0.15, 0.2) is 0 Å².